The number of anilines is 1. The molecule has 0 heterocycles. The molecule has 3 N–H and O–H groups in total. The van der Waals surface area contributed by atoms with Gasteiger partial charge in [0.05, 0.1) is 11.6 Å². The van der Waals surface area contributed by atoms with E-state index in [9.17, 15) is 14.3 Å². The predicted molar refractivity (Wildman–Crippen MR) is 78.2 cm³/mol. The van der Waals surface area contributed by atoms with Crippen molar-refractivity contribution in [3.05, 3.63) is 58.9 Å². The van der Waals surface area contributed by atoms with E-state index in [0.717, 1.165) is 11.6 Å². The zero-order valence-electron chi connectivity index (χ0n) is 11.7. The van der Waals surface area contributed by atoms with Crippen molar-refractivity contribution in [1.29, 1.82) is 0 Å². The van der Waals surface area contributed by atoms with Gasteiger partial charge in [0, 0.05) is 11.3 Å². The Labute approximate surface area is 121 Å². The highest BCUT2D eigenvalue weighted by molar-refractivity contribution is 5.89. The zero-order chi connectivity index (χ0) is 15.6. The second kappa shape index (κ2) is 5.83. The normalized spacial score (nSPS) is 12.0. The summed E-state index contributed by atoms with van der Waals surface area (Å²) in [6.45, 7) is 3.74. The lowest BCUT2D eigenvalue weighted by Gasteiger charge is -2.18. The molecule has 0 amide bonds. The minimum atomic E-state index is -1.32. The Kier molecular flexibility index (Phi) is 4.12. The number of rotatable bonds is 4. The van der Waals surface area contributed by atoms with E-state index in [1.165, 1.54) is 12.1 Å². The number of aromatic hydroxyl groups is 1. The second-order valence-corrected chi connectivity index (χ2v) is 4.93. The zero-order valence-corrected chi connectivity index (χ0v) is 11.7. The van der Waals surface area contributed by atoms with Crippen molar-refractivity contribution in [2.24, 2.45) is 0 Å². The highest BCUT2D eigenvalue weighted by atomic mass is 19.1. The number of phenols is 1. The first-order valence-corrected chi connectivity index (χ1v) is 6.47. The summed E-state index contributed by atoms with van der Waals surface area (Å²) in [4.78, 5) is 10.9. The molecule has 0 bridgehead atoms. The summed E-state index contributed by atoms with van der Waals surface area (Å²) in [5.41, 5.74) is 1.78. The summed E-state index contributed by atoms with van der Waals surface area (Å²) in [6.07, 6.45) is 0. The Morgan fingerprint density at radius 3 is 2.62 bits per heavy atom. The van der Waals surface area contributed by atoms with Crippen LogP contribution in [0.5, 0.6) is 5.75 Å². The molecule has 0 aromatic heterocycles. The van der Waals surface area contributed by atoms with Crippen LogP contribution in [0.15, 0.2) is 36.4 Å². The third kappa shape index (κ3) is 3.31. The van der Waals surface area contributed by atoms with Crippen molar-refractivity contribution in [3.8, 4) is 5.75 Å². The molecule has 0 aliphatic rings. The molecule has 5 heteroatoms. The minimum absolute atomic E-state index is 0.154. The fourth-order valence-electron chi connectivity index (χ4n) is 2.13. The molecule has 0 aliphatic carbocycles. The number of benzene rings is 2. The van der Waals surface area contributed by atoms with Crippen molar-refractivity contribution >= 4 is 11.7 Å². The van der Waals surface area contributed by atoms with Crippen LogP contribution in [-0.2, 0) is 0 Å². The molecule has 21 heavy (non-hydrogen) atoms. The van der Waals surface area contributed by atoms with Crippen LogP contribution in [0.3, 0.4) is 0 Å². The van der Waals surface area contributed by atoms with Gasteiger partial charge < -0.3 is 15.5 Å². The molecule has 4 nitrogen and oxygen atoms in total. The standard InChI is InChI=1S/C16H16FNO3/c1-9-3-6-15(19)12(7-9)10(2)18-11-4-5-14(17)13(8-11)16(20)21/h3-8,10,18-19H,1-2H3,(H,20,21). The maximum absolute atomic E-state index is 13.3. The molecule has 0 radical (unpaired) electrons. The number of hydrogen-bond donors (Lipinski definition) is 3. The van der Waals surface area contributed by atoms with Crippen LogP contribution in [0, 0.1) is 12.7 Å². The number of hydrogen-bond acceptors (Lipinski definition) is 3. The van der Waals surface area contributed by atoms with E-state index in [-0.39, 0.29) is 17.4 Å². The quantitative estimate of drug-likeness (QED) is 0.802. The van der Waals surface area contributed by atoms with Crippen LogP contribution in [0.4, 0.5) is 10.1 Å². The van der Waals surface area contributed by atoms with Crippen molar-refractivity contribution < 1.29 is 19.4 Å². The van der Waals surface area contributed by atoms with Gasteiger partial charge in [-0.25, -0.2) is 9.18 Å². The lowest BCUT2D eigenvalue weighted by atomic mass is 10.0. The van der Waals surface area contributed by atoms with Gasteiger partial charge in [0.1, 0.15) is 11.6 Å². The van der Waals surface area contributed by atoms with Gasteiger partial charge in [-0.1, -0.05) is 17.7 Å². The number of carboxylic acid groups (broad SMARTS) is 1. The van der Waals surface area contributed by atoms with Gasteiger partial charge in [0.15, 0.2) is 0 Å². The molecule has 0 aliphatic heterocycles. The largest absolute Gasteiger partial charge is 0.508 e. The Hall–Kier alpha value is -2.56. The predicted octanol–water partition coefficient (Wildman–Crippen LogP) is 3.71. The molecule has 2 aromatic carbocycles. The lowest BCUT2D eigenvalue weighted by Crippen LogP contribution is -2.09. The van der Waals surface area contributed by atoms with Gasteiger partial charge in [-0.15, -0.1) is 0 Å². The topological polar surface area (TPSA) is 69.6 Å². The molecule has 2 aromatic rings. The van der Waals surface area contributed by atoms with Gasteiger partial charge in [0.25, 0.3) is 0 Å². The molecular formula is C16H16FNO3. The second-order valence-electron chi connectivity index (χ2n) is 4.93. The third-order valence-corrected chi connectivity index (χ3v) is 3.23. The first-order chi connectivity index (χ1) is 9.88. The Bertz CT molecular complexity index is 685. The van der Waals surface area contributed by atoms with E-state index >= 15 is 0 Å². The molecular weight excluding hydrogens is 273 g/mol. The maximum Gasteiger partial charge on any atom is 0.338 e. The average Bonchev–Trinajstić information content (AvgIpc) is 2.43. The smallest absolute Gasteiger partial charge is 0.338 e. The molecule has 1 unspecified atom stereocenters. The number of carboxylic acids is 1. The lowest BCUT2D eigenvalue weighted by molar-refractivity contribution is 0.0692. The molecule has 1 atom stereocenters. The van der Waals surface area contributed by atoms with Crippen LogP contribution in [0.2, 0.25) is 0 Å². The number of halogens is 1. The number of nitrogens with one attached hydrogen (secondary N) is 1. The van der Waals surface area contributed by atoms with Gasteiger partial charge in [-0.3, -0.25) is 0 Å². The summed E-state index contributed by atoms with van der Waals surface area (Å²) in [6, 6.07) is 8.80. The fourth-order valence-corrected chi connectivity index (χ4v) is 2.13. The molecule has 0 saturated heterocycles. The van der Waals surface area contributed by atoms with Crippen LogP contribution in [0.1, 0.15) is 34.5 Å². The van der Waals surface area contributed by atoms with Crippen molar-refractivity contribution in [3.63, 3.8) is 0 Å². The Morgan fingerprint density at radius 2 is 1.95 bits per heavy atom. The van der Waals surface area contributed by atoms with E-state index in [4.69, 9.17) is 5.11 Å². The van der Waals surface area contributed by atoms with Crippen LogP contribution in [-0.4, -0.2) is 16.2 Å². The third-order valence-electron chi connectivity index (χ3n) is 3.23. The first-order valence-electron chi connectivity index (χ1n) is 6.47. The van der Waals surface area contributed by atoms with E-state index in [0.29, 0.717) is 11.3 Å². The van der Waals surface area contributed by atoms with Crippen LogP contribution in [0.25, 0.3) is 0 Å². The van der Waals surface area contributed by atoms with Gasteiger partial charge in [-0.2, -0.15) is 0 Å². The van der Waals surface area contributed by atoms with Crippen LogP contribution < -0.4 is 5.32 Å². The van der Waals surface area contributed by atoms with Gasteiger partial charge >= 0.3 is 5.97 Å². The SMILES string of the molecule is Cc1ccc(O)c(C(C)Nc2ccc(F)c(C(=O)O)c2)c1. The van der Waals surface area contributed by atoms with Crippen molar-refractivity contribution in [2.75, 3.05) is 5.32 Å². The maximum atomic E-state index is 13.3. The van der Waals surface area contributed by atoms with E-state index in [2.05, 4.69) is 5.32 Å². The van der Waals surface area contributed by atoms with E-state index < -0.39 is 11.8 Å². The van der Waals surface area contributed by atoms with Crippen molar-refractivity contribution in [2.45, 2.75) is 19.9 Å². The monoisotopic (exact) mass is 289 g/mol. The molecule has 110 valence electrons. The van der Waals surface area contributed by atoms with Gasteiger partial charge in [0.2, 0.25) is 0 Å². The number of carbonyl (C=O) groups is 1. The Morgan fingerprint density at radius 1 is 1.24 bits per heavy atom. The summed E-state index contributed by atoms with van der Waals surface area (Å²) in [5, 5.41) is 21.8. The summed E-state index contributed by atoms with van der Waals surface area (Å²) < 4.78 is 13.3. The molecule has 0 fully saturated rings. The van der Waals surface area contributed by atoms with E-state index in [1.54, 1.807) is 12.1 Å². The fraction of sp³-hybridized carbons (Fsp3) is 0.188. The summed E-state index contributed by atoms with van der Waals surface area (Å²) >= 11 is 0. The molecule has 0 spiro atoms. The minimum Gasteiger partial charge on any atom is -0.508 e. The Balaban J connectivity index is 2.27. The van der Waals surface area contributed by atoms with Gasteiger partial charge in [-0.05, 0) is 38.1 Å². The average molecular weight is 289 g/mol. The van der Waals surface area contributed by atoms with Crippen molar-refractivity contribution in [1.82, 2.24) is 0 Å². The van der Waals surface area contributed by atoms with Crippen LogP contribution >= 0.6 is 0 Å². The summed E-state index contributed by atoms with van der Waals surface area (Å²) in [5.74, 6) is -1.94. The number of aromatic carboxylic acids is 1. The number of aryl methyl sites for hydroxylation is 1. The highest BCUT2D eigenvalue weighted by Crippen LogP contribution is 2.28. The molecule has 0 saturated carbocycles. The first kappa shape index (κ1) is 14.8. The highest BCUT2D eigenvalue weighted by Gasteiger charge is 2.14. The molecule has 2 rings (SSSR count). The summed E-state index contributed by atoms with van der Waals surface area (Å²) in [7, 11) is 0. The van der Waals surface area contributed by atoms with E-state index in [1.807, 2.05) is 19.9 Å². The number of phenolic OH excluding ortho intramolecular Hbond substituents is 1.